The molecule has 8 nitrogen and oxygen atoms in total. The molecule has 124 valence electrons. The summed E-state index contributed by atoms with van der Waals surface area (Å²) in [5, 5.41) is 29.0. The molecule has 0 spiro atoms. The van der Waals surface area contributed by atoms with E-state index < -0.39 is 4.92 Å². The summed E-state index contributed by atoms with van der Waals surface area (Å²) in [7, 11) is 0. The second-order valence-electron chi connectivity index (χ2n) is 5.80. The molecule has 2 aromatic rings. The highest BCUT2D eigenvalue weighted by atomic mass is 16.6. The smallest absolute Gasteiger partial charge is 0.271 e. The van der Waals surface area contributed by atoms with Gasteiger partial charge >= 0.3 is 0 Å². The molecule has 8 heteroatoms. The molecule has 0 radical (unpaired) electrons. The van der Waals surface area contributed by atoms with Crippen LogP contribution in [-0.4, -0.2) is 32.5 Å². The van der Waals surface area contributed by atoms with E-state index in [4.69, 9.17) is 0 Å². The van der Waals surface area contributed by atoms with Crippen LogP contribution < -0.4 is 4.90 Å². The number of benzene rings is 1. The van der Waals surface area contributed by atoms with Gasteiger partial charge in [-0.25, -0.2) is 0 Å². The van der Waals surface area contributed by atoms with Crippen molar-refractivity contribution in [3.8, 4) is 11.8 Å². The van der Waals surface area contributed by atoms with Crippen LogP contribution in [0.2, 0.25) is 0 Å². The highest BCUT2D eigenvalue weighted by Gasteiger charge is 2.27. The lowest BCUT2D eigenvalue weighted by Crippen LogP contribution is -2.39. The van der Waals surface area contributed by atoms with E-state index in [2.05, 4.69) is 28.1 Å². The van der Waals surface area contributed by atoms with Gasteiger partial charge in [0.15, 0.2) is 5.82 Å². The number of hydrogen-bond acceptors (Lipinski definition) is 6. The van der Waals surface area contributed by atoms with Crippen LogP contribution in [0, 0.1) is 21.4 Å². The summed E-state index contributed by atoms with van der Waals surface area (Å²) in [5.41, 5.74) is 0.688. The summed E-state index contributed by atoms with van der Waals surface area (Å²) < 4.78 is 0. The molecule has 0 aliphatic carbocycles. The molecule has 1 aromatic carbocycles. The average molecular weight is 326 g/mol. The van der Waals surface area contributed by atoms with Gasteiger partial charge in [-0.3, -0.25) is 10.1 Å². The largest absolute Gasteiger partial charge is 0.350 e. The van der Waals surface area contributed by atoms with E-state index in [0.29, 0.717) is 17.5 Å². The zero-order chi connectivity index (χ0) is 17.1. The number of nitro benzene ring substituents is 1. The van der Waals surface area contributed by atoms with Crippen LogP contribution >= 0.6 is 0 Å². The van der Waals surface area contributed by atoms with Crippen molar-refractivity contribution < 1.29 is 4.92 Å². The van der Waals surface area contributed by atoms with Crippen molar-refractivity contribution in [2.24, 2.45) is 0 Å². The molecular formula is C16H18N6O2. The molecule has 1 aliphatic rings. The standard InChI is InChI=1S/C16H18N6O2/c1-2-12-6-3-4-9-20(12)16-15(11-17)18-21(19-16)13-7-5-8-14(10-13)22(23)24/h5,7-8,10,12H,2-4,6,9H2,1H3. The molecule has 3 rings (SSSR count). The fraction of sp³-hybridized carbons (Fsp3) is 0.438. The Balaban J connectivity index is 2.00. The molecule has 1 aromatic heterocycles. The van der Waals surface area contributed by atoms with Crippen molar-refractivity contribution in [1.29, 1.82) is 5.26 Å². The number of piperidine rings is 1. The van der Waals surface area contributed by atoms with E-state index in [1.165, 1.54) is 23.4 Å². The summed E-state index contributed by atoms with van der Waals surface area (Å²) in [6, 6.07) is 8.53. The van der Waals surface area contributed by atoms with E-state index in [9.17, 15) is 15.4 Å². The Kier molecular flexibility index (Phi) is 4.42. The molecule has 0 amide bonds. The fourth-order valence-corrected chi connectivity index (χ4v) is 3.12. The molecule has 1 atom stereocenters. The Hall–Kier alpha value is -2.95. The van der Waals surface area contributed by atoms with E-state index in [1.54, 1.807) is 12.1 Å². The van der Waals surface area contributed by atoms with E-state index in [1.807, 2.05) is 0 Å². The first-order chi connectivity index (χ1) is 11.6. The Morgan fingerprint density at radius 2 is 2.25 bits per heavy atom. The molecule has 24 heavy (non-hydrogen) atoms. The highest BCUT2D eigenvalue weighted by molar-refractivity contribution is 5.52. The van der Waals surface area contributed by atoms with Gasteiger partial charge in [-0.05, 0) is 31.7 Å². The minimum Gasteiger partial charge on any atom is -0.350 e. The third-order valence-corrected chi connectivity index (χ3v) is 4.34. The lowest BCUT2D eigenvalue weighted by molar-refractivity contribution is -0.384. The zero-order valence-corrected chi connectivity index (χ0v) is 13.4. The molecule has 0 bridgehead atoms. The van der Waals surface area contributed by atoms with Gasteiger partial charge in [0.2, 0.25) is 5.69 Å². The van der Waals surface area contributed by atoms with Gasteiger partial charge in [0, 0.05) is 24.7 Å². The quantitative estimate of drug-likeness (QED) is 0.632. The average Bonchev–Trinajstić information content (AvgIpc) is 3.06. The van der Waals surface area contributed by atoms with Gasteiger partial charge in [0.25, 0.3) is 5.69 Å². The first-order valence-electron chi connectivity index (χ1n) is 8.03. The maximum absolute atomic E-state index is 10.9. The summed E-state index contributed by atoms with van der Waals surface area (Å²) in [5.74, 6) is 0.565. The highest BCUT2D eigenvalue weighted by Crippen LogP contribution is 2.27. The van der Waals surface area contributed by atoms with Crippen LogP contribution in [0.5, 0.6) is 0 Å². The van der Waals surface area contributed by atoms with E-state index in [-0.39, 0.29) is 11.4 Å². The van der Waals surface area contributed by atoms with Crippen LogP contribution in [0.15, 0.2) is 24.3 Å². The molecular weight excluding hydrogens is 308 g/mol. The first-order valence-corrected chi connectivity index (χ1v) is 8.03. The van der Waals surface area contributed by atoms with Crippen LogP contribution in [-0.2, 0) is 0 Å². The SMILES string of the molecule is CCC1CCCCN1c1nn(-c2cccc([N+](=O)[O-])c2)nc1C#N. The predicted octanol–water partition coefficient (Wildman–Crippen LogP) is 2.82. The normalized spacial score (nSPS) is 17.5. The molecule has 1 unspecified atom stereocenters. The van der Waals surface area contributed by atoms with Crippen LogP contribution in [0.4, 0.5) is 11.5 Å². The van der Waals surface area contributed by atoms with Gasteiger partial charge in [0.1, 0.15) is 6.07 Å². The maximum atomic E-state index is 10.9. The van der Waals surface area contributed by atoms with Crippen molar-refractivity contribution in [1.82, 2.24) is 15.0 Å². The van der Waals surface area contributed by atoms with Gasteiger partial charge in [0.05, 0.1) is 10.6 Å². The van der Waals surface area contributed by atoms with Crippen molar-refractivity contribution in [3.63, 3.8) is 0 Å². The summed E-state index contributed by atoms with van der Waals surface area (Å²) in [6.07, 6.45) is 4.29. The second-order valence-corrected chi connectivity index (χ2v) is 5.80. The number of aromatic nitrogens is 3. The lowest BCUT2D eigenvalue weighted by Gasteiger charge is -2.35. The zero-order valence-electron chi connectivity index (χ0n) is 13.4. The van der Waals surface area contributed by atoms with Crippen molar-refractivity contribution in [2.45, 2.75) is 38.6 Å². The van der Waals surface area contributed by atoms with Gasteiger partial charge in [-0.1, -0.05) is 13.0 Å². The third kappa shape index (κ3) is 2.93. The second kappa shape index (κ2) is 6.66. The van der Waals surface area contributed by atoms with Gasteiger partial charge < -0.3 is 4.90 Å². The van der Waals surface area contributed by atoms with Gasteiger partial charge in [-0.2, -0.15) is 5.26 Å². The predicted molar refractivity (Wildman–Crippen MR) is 88.0 cm³/mol. The third-order valence-electron chi connectivity index (χ3n) is 4.34. The molecule has 2 heterocycles. The molecule has 1 saturated heterocycles. The maximum Gasteiger partial charge on any atom is 0.271 e. The minimum absolute atomic E-state index is 0.0331. The Morgan fingerprint density at radius 3 is 2.96 bits per heavy atom. The fourth-order valence-electron chi connectivity index (χ4n) is 3.12. The molecule has 0 saturated carbocycles. The van der Waals surface area contributed by atoms with E-state index in [0.717, 1.165) is 25.8 Å². The molecule has 1 fully saturated rings. The number of hydrogen-bond donors (Lipinski definition) is 0. The molecule has 0 N–H and O–H groups in total. The monoisotopic (exact) mass is 326 g/mol. The van der Waals surface area contributed by atoms with Crippen LogP contribution in [0.1, 0.15) is 38.3 Å². The minimum atomic E-state index is -0.461. The summed E-state index contributed by atoms with van der Waals surface area (Å²) >= 11 is 0. The number of nitrogens with zero attached hydrogens (tertiary/aromatic N) is 6. The van der Waals surface area contributed by atoms with Crippen LogP contribution in [0.25, 0.3) is 5.69 Å². The number of anilines is 1. The number of rotatable bonds is 4. The number of non-ortho nitro benzene ring substituents is 1. The van der Waals surface area contributed by atoms with Crippen molar-refractivity contribution in [2.75, 3.05) is 11.4 Å². The van der Waals surface area contributed by atoms with E-state index >= 15 is 0 Å². The van der Waals surface area contributed by atoms with Gasteiger partial charge in [-0.15, -0.1) is 15.0 Å². The Morgan fingerprint density at radius 1 is 1.42 bits per heavy atom. The summed E-state index contributed by atoms with van der Waals surface area (Å²) in [6.45, 7) is 2.97. The summed E-state index contributed by atoms with van der Waals surface area (Å²) in [4.78, 5) is 13.9. The first kappa shape index (κ1) is 15.9. The molecule has 1 aliphatic heterocycles. The topological polar surface area (TPSA) is 101 Å². The Bertz CT molecular complexity index is 794. The Labute approximate surface area is 139 Å². The lowest BCUT2D eigenvalue weighted by atomic mass is 10.00. The van der Waals surface area contributed by atoms with Crippen LogP contribution in [0.3, 0.4) is 0 Å². The number of nitro groups is 1. The number of nitriles is 1. The van der Waals surface area contributed by atoms with Crippen molar-refractivity contribution in [3.05, 3.63) is 40.1 Å². The van der Waals surface area contributed by atoms with Crippen molar-refractivity contribution >= 4 is 11.5 Å².